The maximum atomic E-state index is 12.6. The van der Waals surface area contributed by atoms with Crippen LogP contribution in [0.2, 0.25) is 0 Å². The van der Waals surface area contributed by atoms with Crippen molar-refractivity contribution in [3.63, 3.8) is 0 Å². The van der Waals surface area contributed by atoms with Crippen molar-refractivity contribution in [2.75, 3.05) is 0 Å². The van der Waals surface area contributed by atoms with Gasteiger partial charge in [-0.25, -0.2) is 9.59 Å². The van der Waals surface area contributed by atoms with E-state index >= 15 is 0 Å². The molecular formula is C38H27NO5. The fraction of sp³-hybridized carbons (Fsp3) is 0.0263. The van der Waals surface area contributed by atoms with Crippen molar-refractivity contribution in [2.24, 2.45) is 4.99 Å². The lowest BCUT2D eigenvalue weighted by Crippen LogP contribution is -2.08. The Morgan fingerprint density at radius 2 is 1.14 bits per heavy atom. The van der Waals surface area contributed by atoms with E-state index in [-0.39, 0.29) is 0 Å². The largest absolute Gasteiger partial charge is 0.457 e. The van der Waals surface area contributed by atoms with Crippen molar-refractivity contribution in [2.45, 2.75) is 6.42 Å². The first-order valence-electron chi connectivity index (χ1n) is 14.1. The van der Waals surface area contributed by atoms with Gasteiger partial charge in [0.15, 0.2) is 0 Å². The van der Waals surface area contributed by atoms with Gasteiger partial charge in [0.1, 0.15) is 23.0 Å². The molecule has 5 aromatic carbocycles. The summed E-state index contributed by atoms with van der Waals surface area (Å²) in [5.41, 5.74) is 4.76. The molecule has 0 fully saturated rings. The number of carbonyl (C=O) groups is 2. The third-order valence-corrected chi connectivity index (χ3v) is 6.83. The number of para-hydroxylation sites is 1. The van der Waals surface area contributed by atoms with Crippen molar-refractivity contribution in [1.29, 1.82) is 0 Å². The smallest absolute Gasteiger partial charge is 0.343 e. The lowest BCUT2D eigenvalue weighted by Gasteiger charge is -2.07. The summed E-state index contributed by atoms with van der Waals surface area (Å²) < 4.78 is 16.8. The molecule has 0 radical (unpaired) electrons. The molecule has 1 aliphatic carbocycles. The zero-order valence-electron chi connectivity index (χ0n) is 23.6. The van der Waals surface area contributed by atoms with Crippen molar-refractivity contribution in [3.8, 4) is 23.0 Å². The second-order valence-corrected chi connectivity index (χ2v) is 9.94. The minimum Gasteiger partial charge on any atom is -0.457 e. The SMILES string of the molecule is O=C(Oc1ccc(C=Nc2ccc(OC(=O)c3ccc(C4=CC=CC4)cc3)cc2)cc1)c1ccc(Oc2ccccc2)cc1. The molecule has 0 aromatic heterocycles. The minimum atomic E-state index is -0.463. The second kappa shape index (κ2) is 13.3. The summed E-state index contributed by atoms with van der Waals surface area (Å²) >= 11 is 0. The Balaban J connectivity index is 0.992. The normalized spacial score (nSPS) is 12.1. The average Bonchev–Trinajstić information content (AvgIpc) is 3.61. The van der Waals surface area contributed by atoms with Crippen LogP contribution in [0.25, 0.3) is 5.57 Å². The van der Waals surface area contributed by atoms with Gasteiger partial charge in [-0.15, -0.1) is 0 Å². The Kier molecular flexibility index (Phi) is 8.51. The molecule has 0 unspecified atom stereocenters. The number of benzene rings is 5. The van der Waals surface area contributed by atoms with Gasteiger partial charge in [-0.3, -0.25) is 4.99 Å². The number of esters is 2. The number of carbonyl (C=O) groups excluding carboxylic acids is 2. The van der Waals surface area contributed by atoms with Crippen molar-refractivity contribution in [3.05, 3.63) is 168 Å². The topological polar surface area (TPSA) is 74.2 Å². The third-order valence-electron chi connectivity index (χ3n) is 6.83. The van der Waals surface area contributed by atoms with E-state index in [0.717, 1.165) is 23.3 Å². The van der Waals surface area contributed by atoms with Crippen LogP contribution >= 0.6 is 0 Å². The van der Waals surface area contributed by atoms with Crippen LogP contribution in [0.5, 0.6) is 23.0 Å². The summed E-state index contributed by atoms with van der Waals surface area (Å²) in [6, 6.07) is 37.6. The molecule has 0 atom stereocenters. The summed E-state index contributed by atoms with van der Waals surface area (Å²) in [4.78, 5) is 29.7. The highest BCUT2D eigenvalue weighted by molar-refractivity contribution is 5.92. The Hall–Kier alpha value is -6.01. The molecule has 0 saturated carbocycles. The predicted octanol–water partition coefficient (Wildman–Crippen LogP) is 9.01. The molecule has 6 heteroatoms. The van der Waals surface area contributed by atoms with Crippen molar-refractivity contribution < 1.29 is 23.8 Å². The number of nitrogens with zero attached hydrogens (tertiary/aromatic N) is 1. The maximum absolute atomic E-state index is 12.6. The molecular weight excluding hydrogens is 550 g/mol. The number of allylic oxidation sites excluding steroid dienone is 4. The van der Waals surface area contributed by atoms with E-state index in [0.29, 0.717) is 34.1 Å². The van der Waals surface area contributed by atoms with Crippen LogP contribution in [0, 0.1) is 0 Å². The van der Waals surface area contributed by atoms with Gasteiger partial charge >= 0.3 is 11.9 Å². The second-order valence-electron chi connectivity index (χ2n) is 9.94. The van der Waals surface area contributed by atoms with E-state index in [2.05, 4.69) is 17.1 Å². The first-order chi connectivity index (χ1) is 21.6. The first-order valence-corrected chi connectivity index (χ1v) is 14.1. The molecule has 0 heterocycles. The quantitative estimate of drug-likeness (QED) is 0.0993. The fourth-order valence-electron chi connectivity index (χ4n) is 4.47. The van der Waals surface area contributed by atoms with Gasteiger partial charge in [-0.2, -0.15) is 0 Å². The van der Waals surface area contributed by atoms with E-state index in [1.54, 1.807) is 79.0 Å². The number of hydrogen-bond acceptors (Lipinski definition) is 6. The average molecular weight is 578 g/mol. The van der Waals surface area contributed by atoms with E-state index < -0.39 is 11.9 Å². The zero-order valence-corrected chi connectivity index (χ0v) is 23.6. The molecule has 0 bridgehead atoms. The number of ether oxygens (including phenoxy) is 3. The molecule has 0 saturated heterocycles. The third kappa shape index (κ3) is 7.24. The highest BCUT2D eigenvalue weighted by atomic mass is 16.5. The summed E-state index contributed by atoms with van der Waals surface area (Å²) in [6.45, 7) is 0. The van der Waals surface area contributed by atoms with Gasteiger partial charge in [-0.1, -0.05) is 48.6 Å². The Bertz CT molecular complexity index is 1840. The summed E-state index contributed by atoms with van der Waals surface area (Å²) in [5, 5.41) is 0. The Morgan fingerprint density at radius 3 is 1.73 bits per heavy atom. The molecule has 0 spiro atoms. The van der Waals surface area contributed by atoms with Crippen LogP contribution in [0.4, 0.5) is 5.69 Å². The summed E-state index contributed by atoms with van der Waals surface area (Å²) in [5.74, 6) is 1.33. The summed E-state index contributed by atoms with van der Waals surface area (Å²) in [7, 11) is 0. The van der Waals surface area contributed by atoms with Gasteiger partial charge in [0, 0.05) is 6.21 Å². The van der Waals surface area contributed by atoms with Crippen LogP contribution in [-0.2, 0) is 0 Å². The number of hydrogen-bond donors (Lipinski definition) is 0. The molecule has 5 aromatic rings. The Labute approximate surface area is 255 Å². The molecule has 44 heavy (non-hydrogen) atoms. The molecule has 1 aliphatic rings. The van der Waals surface area contributed by atoms with Gasteiger partial charge in [0.25, 0.3) is 0 Å². The molecule has 0 N–H and O–H groups in total. The van der Waals surface area contributed by atoms with Crippen LogP contribution in [-0.4, -0.2) is 18.2 Å². The first kappa shape index (κ1) is 28.1. The van der Waals surface area contributed by atoms with Gasteiger partial charge in [0.2, 0.25) is 0 Å². The van der Waals surface area contributed by atoms with Crippen LogP contribution in [0.1, 0.15) is 38.3 Å². The number of aliphatic imine (C=N–C) groups is 1. The van der Waals surface area contributed by atoms with E-state index in [9.17, 15) is 9.59 Å². The highest BCUT2D eigenvalue weighted by Gasteiger charge is 2.11. The fourth-order valence-corrected chi connectivity index (χ4v) is 4.47. The van der Waals surface area contributed by atoms with Crippen molar-refractivity contribution >= 4 is 29.4 Å². The monoisotopic (exact) mass is 577 g/mol. The molecule has 0 aliphatic heterocycles. The lowest BCUT2D eigenvalue weighted by atomic mass is 10.0. The van der Waals surface area contributed by atoms with Gasteiger partial charge < -0.3 is 14.2 Å². The van der Waals surface area contributed by atoms with Gasteiger partial charge in [0.05, 0.1) is 16.8 Å². The predicted molar refractivity (Wildman–Crippen MR) is 171 cm³/mol. The highest BCUT2D eigenvalue weighted by Crippen LogP contribution is 2.25. The van der Waals surface area contributed by atoms with Crippen LogP contribution in [0.3, 0.4) is 0 Å². The standard InChI is InChI=1S/C38H27NO5/c40-37(30-14-12-29(13-15-30)28-6-4-5-7-28)44-36-24-18-32(19-25-36)39-26-27-10-20-35(21-11-27)43-38(41)31-16-22-34(23-17-31)42-33-8-2-1-3-9-33/h1-6,8-26H,7H2. The molecule has 6 nitrogen and oxygen atoms in total. The van der Waals surface area contributed by atoms with E-state index in [4.69, 9.17) is 14.2 Å². The van der Waals surface area contributed by atoms with Crippen LogP contribution in [0.15, 0.2) is 151 Å². The molecule has 0 amide bonds. The van der Waals surface area contributed by atoms with Gasteiger partial charge in [-0.05, 0) is 120 Å². The number of rotatable bonds is 9. The minimum absolute atomic E-state index is 0.415. The zero-order chi connectivity index (χ0) is 30.1. The lowest BCUT2D eigenvalue weighted by molar-refractivity contribution is 0.0725. The van der Waals surface area contributed by atoms with E-state index in [1.165, 1.54) is 5.57 Å². The Morgan fingerprint density at radius 1 is 0.591 bits per heavy atom. The summed E-state index contributed by atoms with van der Waals surface area (Å²) in [6.07, 6.45) is 8.82. The molecule has 214 valence electrons. The molecule has 6 rings (SSSR count). The van der Waals surface area contributed by atoms with Crippen molar-refractivity contribution in [1.82, 2.24) is 0 Å². The maximum Gasteiger partial charge on any atom is 0.343 e. The van der Waals surface area contributed by atoms with E-state index in [1.807, 2.05) is 60.7 Å². The van der Waals surface area contributed by atoms with Crippen LogP contribution < -0.4 is 14.2 Å².